The van der Waals surface area contributed by atoms with Crippen LogP contribution in [0.25, 0.3) is 0 Å². The number of aromatic nitrogens is 1. The molecule has 0 unspecified atom stereocenters. The van der Waals surface area contributed by atoms with Crippen LogP contribution in [-0.4, -0.2) is 31.3 Å². The summed E-state index contributed by atoms with van der Waals surface area (Å²) in [5.41, 5.74) is 0. The quantitative estimate of drug-likeness (QED) is 0.733. The van der Waals surface area contributed by atoms with Gasteiger partial charge in [-0.1, -0.05) is 0 Å². The Hall–Kier alpha value is -1.69. The first-order valence-electron chi connectivity index (χ1n) is 4.37. The van der Waals surface area contributed by atoms with Gasteiger partial charge in [0.05, 0.1) is 12.8 Å². The molecule has 0 bridgehead atoms. The number of pyridine rings is 1. The van der Waals surface area contributed by atoms with Gasteiger partial charge >= 0.3 is 6.03 Å². The van der Waals surface area contributed by atoms with Crippen molar-refractivity contribution in [3.05, 3.63) is 24.1 Å². The van der Waals surface area contributed by atoms with E-state index in [0.717, 1.165) is 6.20 Å². The van der Waals surface area contributed by atoms with Gasteiger partial charge in [-0.3, -0.25) is 5.32 Å². The van der Waals surface area contributed by atoms with Gasteiger partial charge in [0.2, 0.25) is 0 Å². The van der Waals surface area contributed by atoms with E-state index in [1.165, 1.54) is 12.1 Å². The maximum Gasteiger partial charge on any atom is 0.320 e. The smallest absolute Gasteiger partial charge is 0.320 e. The lowest BCUT2D eigenvalue weighted by Crippen LogP contribution is -2.31. The molecule has 0 atom stereocenters. The molecule has 0 aliphatic carbocycles. The number of ether oxygens (including phenoxy) is 1. The molecule has 2 amide bonds. The van der Waals surface area contributed by atoms with E-state index in [1.54, 1.807) is 7.11 Å². The molecule has 0 saturated heterocycles. The molecule has 1 rings (SSSR count). The summed E-state index contributed by atoms with van der Waals surface area (Å²) in [5, 5.41) is 4.98. The number of anilines is 1. The fraction of sp³-hybridized carbons (Fsp3) is 0.333. The highest BCUT2D eigenvalue weighted by Gasteiger charge is 2.01. The minimum atomic E-state index is -0.444. The number of rotatable bonds is 4. The molecule has 0 radical (unpaired) electrons. The Kier molecular flexibility index (Phi) is 4.49. The lowest BCUT2D eigenvalue weighted by molar-refractivity contribution is 0.198. The minimum Gasteiger partial charge on any atom is -0.383 e. The predicted octanol–water partition coefficient (Wildman–Crippen LogP) is 0.989. The van der Waals surface area contributed by atoms with Crippen molar-refractivity contribution in [2.75, 3.05) is 25.6 Å². The molecule has 1 aromatic heterocycles. The zero-order valence-corrected chi connectivity index (χ0v) is 8.29. The average molecular weight is 213 g/mol. The van der Waals surface area contributed by atoms with Crippen molar-refractivity contribution in [2.45, 2.75) is 0 Å². The molecule has 2 N–H and O–H groups in total. The molecule has 0 fully saturated rings. The van der Waals surface area contributed by atoms with Crippen LogP contribution in [0.1, 0.15) is 0 Å². The molecule has 82 valence electrons. The first kappa shape index (κ1) is 11.4. The van der Waals surface area contributed by atoms with Crippen LogP contribution in [0, 0.1) is 5.82 Å². The van der Waals surface area contributed by atoms with Crippen molar-refractivity contribution >= 4 is 11.8 Å². The second-order valence-corrected chi connectivity index (χ2v) is 2.74. The van der Waals surface area contributed by atoms with E-state index in [0.29, 0.717) is 19.0 Å². The van der Waals surface area contributed by atoms with E-state index in [1.807, 2.05) is 0 Å². The van der Waals surface area contributed by atoms with E-state index >= 15 is 0 Å². The summed E-state index contributed by atoms with van der Waals surface area (Å²) < 4.78 is 17.2. The number of halogens is 1. The fourth-order valence-electron chi connectivity index (χ4n) is 0.877. The van der Waals surface area contributed by atoms with E-state index < -0.39 is 11.8 Å². The lowest BCUT2D eigenvalue weighted by Gasteiger charge is -2.05. The predicted molar refractivity (Wildman–Crippen MR) is 53.1 cm³/mol. The van der Waals surface area contributed by atoms with Gasteiger partial charge in [-0.15, -0.1) is 0 Å². The van der Waals surface area contributed by atoms with Crippen LogP contribution in [0.5, 0.6) is 0 Å². The number of urea groups is 1. The number of methoxy groups -OCH3 is 1. The van der Waals surface area contributed by atoms with Crippen molar-refractivity contribution in [3.63, 3.8) is 0 Å². The van der Waals surface area contributed by atoms with Crippen molar-refractivity contribution < 1.29 is 13.9 Å². The lowest BCUT2D eigenvalue weighted by atomic mass is 10.4. The highest BCUT2D eigenvalue weighted by molar-refractivity contribution is 5.88. The zero-order valence-electron chi connectivity index (χ0n) is 8.29. The molecule has 0 spiro atoms. The highest BCUT2D eigenvalue weighted by Crippen LogP contribution is 2.02. The van der Waals surface area contributed by atoms with Crippen LogP contribution in [0.3, 0.4) is 0 Å². The molecule has 0 saturated carbocycles. The monoisotopic (exact) mass is 213 g/mol. The van der Waals surface area contributed by atoms with Crippen molar-refractivity contribution in [1.82, 2.24) is 10.3 Å². The van der Waals surface area contributed by atoms with Gasteiger partial charge in [0.15, 0.2) is 0 Å². The SMILES string of the molecule is COCCNC(=O)Nc1ccc(F)cn1. The number of nitrogens with one attached hydrogen (secondary N) is 2. The number of amides is 2. The second kappa shape index (κ2) is 5.92. The molecule has 6 heteroatoms. The molecular formula is C9H12FN3O2. The number of hydrogen-bond donors (Lipinski definition) is 2. The van der Waals surface area contributed by atoms with Crippen LogP contribution in [0.15, 0.2) is 18.3 Å². The largest absolute Gasteiger partial charge is 0.383 e. The third-order valence-electron chi connectivity index (χ3n) is 1.56. The highest BCUT2D eigenvalue weighted by atomic mass is 19.1. The second-order valence-electron chi connectivity index (χ2n) is 2.74. The topological polar surface area (TPSA) is 63.2 Å². The molecule has 1 heterocycles. The molecule has 0 aliphatic rings. The molecule has 1 aromatic rings. The van der Waals surface area contributed by atoms with Crippen LogP contribution >= 0.6 is 0 Å². The number of nitrogens with zero attached hydrogens (tertiary/aromatic N) is 1. The van der Waals surface area contributed by atoms with E-state index in [-0.39, 0.29) is 0 Å². The number of carbonyl (C=O) groups excluding carboxylic acids is 1. The standard InChI is InChI=1S/C9H12FN3O2/c1-15-5-4-11-9(14)13-8-3-2-7(10)6-12-8/h2-3,6H,4-5H2,1H3,(H2,11,12,13,14). The van der Waals surface area contributed by atoms with Crippen molar-refractivity contribution in [1.29, 1.82) is 0 Å². The average Bonchev–Trinajstić information content (AvgIpc) is 2.22. The van der Waals surface area contributed by atoms with Crippen LogP contribution in [0.4, 0.5) is 15.0 Å². The third kappa shape index (κ3) is 4.37. The van der Waals surface area contributed by atoms with Gasteiger partial charge in [-0.05, 0) is 12.1 Å². The van der Waals surface area contributed by atoms with Crippen molar-refractivity contribution in [3.8, 4) is 0 Å². The minimum absolute atomic E-state index is 0.298. The van der Waals surface area contributed by atoms with Gasteiger partial charge in [0.1, 0.15) is 11.6 Å². The summed E-state index contributed by atoms with van der Waals surface area (Å²) in [5.74, 6) is -0.147. The van der Waals surface area contributed by atoms with E-state index in [4.69, 9.17) is 4.74 Å². The first-order chi connectivity index (χ1) is 7.22. The summed E-state index contributed by atoms with van der Waals surface area (Å²) >= 11 is 0. The summed E-state index contributed by atoms with van der Waals surface area (Å²) in [7, 11) is 1.54. The molecular weight excluding hydrogens is 201 g/mol. The Labute approximate surface area is 86.7 Å². The Morgan fingerprint density at radius 1 is 1.60 bits per heavy atom. The van der Waals surface area contributed by atoms with Gasteiger partial charge in [0, 0.05) is 13.7 Å². The number of hydrogen-bond acceptors (Lipinski definition) is 3. The van der Waals surface area contributed by atoms with Gasteiger partial charge < -0.3 is 10.1 Å². The van der Waals surface area contributed by atoms with E-state index in [2.05, 4.69) is 15.6 Å². The summed E-state index contributed by atoms with van der Waals surface area (Å²) in [6.45, 7) is 0.841. The maximum atomic E-state index is 12.5. The zero-order chi connectivity index (χ0) is 11.1. The van der Waals surface area contributed by atoms with Gasteiger partial charge in [-0.2, -0.15) is 0 Å². The van der Waals surface area contributed by atoms with Gasteiger partial charge in [-0.25, -0.2) is 14.2 Å². The molecule has 5 nitrogen and oxygen atoms in total. The molecule has 15 heavy (non-hydrogen) atoms. The van der Waals surface area contributed by atoms with E-state index in [9.17, 15) is 9.18 Å². The van der Waals surface area contributed by atoms with Crippen molar-refractivity contribution in [2.24, 2.45) is 0 Å². The summed E-state index contributed by atoms with van der Waals surface area (Å²) in [6, 6.07) is 2.20. The fourth-order valence-corrected chi connectivity index (χ4v) is 0.877. The Morgan fingerprint density at radius 2 is 2.40 bits per heavy atom. The van der Waals surface area contributed by atoms with Crippen LogP contribution < -0.4 is 10.6 Å². The summed E-state index contributed by atoms with van der Waals surface area (Å²) in [4.78, 5) is 14.8. The Balaban J connectivity index is 2.34. The summed E-state index contributed by atoms with van der Waals surface area (Å²) in [6.07, 6.45) is 1.03. The number of carbonyl (C=O) groups is 1. The normalized spacial score (nSPS) is 9.73. The Morgan fingerprint density at radius 3 is 3.00 bits per heavy atom. The van der Waals surface area contributed by atoms with Gasteiger partial charge in [0.25, 0.3) is 0 Å². The van der Waals surface area contributed by atoms with Crippen LogP contribution in [-0.2, 0) is 4.74 Å². The maximum absolute atomic E-state index is 12.5. The molecule has 0 aliphatic heterocycles. The Bertz CT molecular complexity index is 316. The van der Waals surface area contributed by atoms with Crippen LogP contribution in [0.2, 0.25) is 0 Å². The first-order valence-corrected chi connectivity index (χ1v) is 4.37. The third-order valence-corrected chi connectivity index (χ3v) is 1.56. The molecule has 0 aromatic carbocycles.